The number of hydrogen-bond donors (Lipinski definition) is 3. The van der Waals surface area contributed by atoms with Crippen molar-refractivity contribution in [1.82, 2.24) is 25.1 Å². The molecule has 0 aliphatic carbocycles. The maximum absolute atomic E-state index is 4.56. The number of anilines is 1. The molecule has 0 bridgehead atoms. The molecule has 3 N–H and O–H groups in total. The Labute approximate surface area is 174 Å². The number of H-pyrrole nitrogens is 2. The Balaban J connectivity index is 1.55. The molecule has 148 valence electrons. The Bertz CT molecular complexity index is 1340. The molecule has 6 heteroatoms. The van der Waals surface area contributed by atoms with Crippen molar-refractivity contribution in [3.8, 4) is 22.5 Å². The first-order valence-corrected chi connectivity index (χ1v) is 9.91. The van der Waals surface area contributed by atoms with Gasteiger partial charge in [-0.2, -0.15) is 5.10 Å². The molecular weight excluding hydrogens is 372 g/mol. The highest BCUT2D eigenvalue weighted by molar-refractivity contribution is 5.97. The Morgan fingerprint density at radius 1 is 0.967 bits per heavy atom. The molecule has 0 amide bonds. The summed E-state index contributed by atoms with van der Waals surface area (Å²) in [6.45, 7) is 8.31. The van der Waals surface area contributed by atoms with E-state index >= 15 is 0 Å². The first kappa shape index (κ1) is 18.1. The average Bonchev–Trinajstić information content (AvgIpc) is 3.37. The number of nitrogens with one attached hydrogen (secondary N) is 3. The lowest BCUT2D eigenvalue weighted by Crippen LogP contribution is -2.04. The van der Waals surface area contributed by atoms with Crippen LogP contribution in [0, 0.1) is 5.92 Å². The molecule has 0 unspecified atom stereocenters. The van der Waals surface area contributed by atoms with Crippen LogP contribution in [0.1, 0.15) is 13.8 Å². The van der Waals surface area contributed by atoms with Gasteiger partial charge in [0.05, 0.1) is 34.8 Å². The zero-order chi connectivity index (χ0) is 20.7. The summed E-state index contributed by atoms with van der Waals surface area (Å²) in [7, 11) is 0. The maximum Gasteiger partial charge on any atom is 0.116 e. The molecule has 0 aliphatic heterocycles. The molecule has 0 fully saturated rings. The Morgan fingerprint density at radius 2 is 1.87 bits per heavy atom. The number of pyridine rings is 2. The molecule has 1 aromatic carbocycles. The van der Waals surface area contributed by atoms with E-state index in [0.29, 0.717) is 5.92 Å². The second-order valence-electron chi connectivity index (χ2n) is 7.75. The van der Waals surface area contributed by atoms with Crippen molar-refractivity contribution in [2.75, 3.05) is 5.32 Å². The summed E-state index contributed by atoms with van der Waals surface area (Å²) in [5.74, 6) is 0.352. The van der Waals surface area contributed by atoms with Crippen LogP contribution in [0.5, 0.6) is 0 Å². The van der Waals surface area contributed by atoms with Crippen LogP contribution in [0.4, 0.5) is 5.69 Å². The van der Waals surface area contributed by atoms with Gasteiger partial charge in [0.15, 0.2) is 0 Å². The molecule has 0 saturated carbocycles. The van der Waals surface area contributed by atoms with Crippen molar-refractivity contribution in [3.05, 3.63) is 73.5 Å². The Morgan fingerprint density at radius 3 is 2.70 bits per heavy atom. The van der Waals surface area contributed by atoms with Crippen LogP contribution in [0.2, 0.25) is 0 Å². The van der Waals surface area contributed by atoms with Crippen molar-refractivity contribution in [1.29, 1.82) is 0 Å². The summed E-state index contributed by atoms with van der Waals surface area (Å²) in [5.41, 5.74) is 7.84. The number of rotatable bonds is 5. The van der Waals surface area contributed by atoms with E-state index in [2.05, 4.69) is 81.2 Å². The average molecular weight is 394 g/mol. The van der Waals surface area contributed by atoms with E-state index in [-0.39, 0.29) is 0 Å². The zero-order valence-electron chi connectivity index (χ0n) is 16.9. The highest BCUT2D eigenvalue weighted by Gasteiger charge is 2.13. The van der Waals surface area contributed by atoms with E-state index in [4.69, 9.17) is 0 Å². The molecule has 4 heterocycles. The normalized spacial score (nSPS) is 11.4. The van der Waals surface area contributed by atoms with Crippen LogP contribution in [0.25, 0.3) is 44.3 Å². The van der Waals surface area contributed by atoms with Gasteiger partial charge >= 0.3 is 0 Å². The predicted molar refractivity (Wildman–Crippen MR) is 122 cm³/mol. The monoisotopic (exact) mass is 394 g/mol. The van der Waals surface area contributed by atoms with Crippen LogP contribution in [0.15, 0.2) is 73.5 Å². The summed E-state index contributed by atoms with van der Waals surface area (Å²) in [5, 5.41) is 13.2. The second-order valence-corrected chi connectivity index (χ2v) is 7.75. The third kappa shape index (κ3) is 3.22. The minimum absolute atomic E-state index is 0.352. The van der Waals surface area contributed by atoms with Crippen LogP contribution >= 0.6 is 0 Å². The summed E-state index contributed by atoms with van der Waals surface area (Å²) < 4.78 is 0. The number of hydrogen-bond acceptors (Lipinski definition) is 4. The summed E-state index contributed by atoms with van der Waals surface area (Å²) in [4.78, 5) is 12.0. The Hall–Kier alpha value is -3.93. The summed E-state index contributed by atoms with van der Waals surface area (Å²) >= 11 is 0. The lowest BCUT2D eigenvalue weighted by Gasteiger charge is -2.13. The van der Waals surface area contributed by atoms with Gasteiger partial charge in [0.1, 0.15) is 5.69 Å². The number of benzene rings is 1. The van der Waals surface area contributed by atoms with Gasteiger partial charge in [-0.25, -0.2) is 0 Å². The van der Waals surface area contributed by atoms with Crippen LogP contribution in [-0.4, -0.2) is 25.1 Å². The third-order valence-corrected chi connectivity index (χ3v) is 5.32. The van der Waals surface area contributed by atoms with Gasteiger partial charge in [0, 0.05) is 34.4 Å². The van der Waals surface area contributed by atoms with Gasteiger partial charge in [-0.1, -0.05) is 26.5 Å². The van der Waals surface area contributed by atoms with Crippen LogP contribution in [0.3, 0.4) is 0 Å². The van der Waals surface area contributed by atoms with Crippen molar-refractivity contribution in [3.63, 3.8) is 0 Å². The molecule has 0 radical (unpaired) electrons. The standard InChI is InChI=1S/C24H22N6/c1-14(2)15(3)27-19-8-18(11-26-12-19)16-4-5-21-20(9-16)24(30-29-21)22-10-17-6-7-25-13-23(17)28-22/h4-14,27-28H,3H2,1-2H3,(H,29,30). The number of fused-ring (bicyclic) bond motifs is 2. The van der Waals surface area contributed by atoms with Crippen LogP contribution < -0.4 is 5.32 Å². The van der Waals surface area contributed by atoms with Crippen molar-refractivity contribution in [2.45, 2.75) is 13.8 Å². The van der Waals surface area contributed by atoms with Crippen molar-refractivity contribution >= 4 is 27.5 Å². The molecule has 0 aliphatic rings. The minimum Gasteiger partial charge on any atom is -0.358 e. The largest absolute Gasteiger partial charge is 0.358 e. The fourth-order valence-electron chi connectivity index (χ4n) is 3.49. The summed E-state index contributed by atoms with van der Waals surface area (Å²) in [6, 6.07) is 12.5. The predicted octanol–water partition coefficient (Wildman–Crippen LogP) is 5.75. The van der Waals surface area contributed by atoms with Crippen LogP contribution in [-0.2, 0) is 0 Å². The molecule has 0 atom stereocenters. The molecule has 0 spiro atoms. The van der Waals surface area contributed by atoms with E-state index in [1.165, 1.54) is 0 Å². The van der Waals surface area contributed by atoms with Gasteiger partial charge in [-0.15, -0.1) is 0 Å². The first-order valence-electron chi connectivity index (χ1n) is 9.91. The third-order valence-electron chi connectivity index (χ3n) is 5.32. The fourth-order valence-corrected chi connectivity index (χ4v) is 3.49. The number of allylic oxidation sites excluding steroid dienone is 1. The number of aromatic nitrogens is 5. The SMILES string of the molecule is C=C(Nc1cncc(-c2ccc3[nH]nc(-c4cc5ccncc5[nH]4)c3c2)c1)C(C)C. The quantitative estimate of drug-likeness (QED) is 0.354. The molecule has 30 heavy (non-hydrogen) atoms. The molecule has 0 saturated heterocycles. The minimum atomic E-state index is 0.352. The van der Waals surface area contributed by atoms with Gasteiger partial charge < -0.3 is 10.3 Å². The highest BCUT2D eigenvalue weighted by Crippen LogP contribution is 2.32. The lowest BCUT2D eigenvalue weighted by atomic mass is 10.0. The molecule has 5 aromatic rings. The fraction of sp³-hybridized carbons (Fsp3) is 0.125. The molecule has 6 nitrogen and oxygen atoms in total. The van der Waals surface area contributed by atoms with Gasteiger partial charge in [-0.05, 0) is 41.8 Å². The summed E-state index contributed by atoms with van der Waals surface area (Å²) in [6.07, 6.45) is 7.31. The van der Waals surface area contributed by atoms with Gasteiger partial charge in [0.25, 0.3) is 0 Å². The first-order chi connectivity index (χ1) is 14.6. The lowest BCUT2D eigenvalue weighted by molar-refractivity contribution is 0.778. The van der Waals surface area contributed by atoms with E-state index < -0.39 is 0 Å². The van der Waals surface area contributed by atoms with E-state index in [9.17, 15) is 0 Å². The van der Waals surface area contributed by atoms with Crippen molar-refractivity contribution in [2.24, 2.45) is 5.92 Å². The smallest absolute Gasteiger partial charge is 0.116 e. The van der Waals surface area contributed by atoms with E-state index in [0.717, 1.165) is 55.7 Å². The number of nitrogens with zero attached hydrogens (tertiary/aromatic N) is 3. The highest BCUT2D eigenvalue weighted by atomic mass is 15.1. The second kappa shape index (κ2) is 7.15. The van der Waals surface area contributed by atoms with Gasteiger partial charge in [-0.3, -0.25) is 15.1 Å². The van der Waals surface area contributed by atoms with E-state index in [1.807, 2.05) is 24.7 Å². The van der Waals surface area contributed by atoms with E-state index in [1.54, 1.807) is 6.20 Å². The maximum atomic E-state index is 4.56. The zero-order valence-corrected chi connectivity index (χ0v) is 16.9. The molecule has 5 rings (SSSR count). The molecule has 4 aromatic heterocycles. The van der Waals surface area contributed by atoms with Gasteiger partial charge in [0.2, 0.25) is 0 Å². The molecular formula is C24H22N6. The topological polar surface area (TPSA) is 82.3 Å². The van der Waals surface area contributed by atoms with Crippen molar-refractivity contribution < 1.29 is 0 Å². The Kier molecular flexibility index (Phi) is 4.32. The number of aromatic amines is 2.